The van der Waals surface area contributed by atoms with Crippen LogP contribution >= 0.6 is 0 Å². The van der Waals surface area contributed by atoms with Gasteiger partial charge in [-0.3, -0.25) is 14.5 Å². The van der Waals surface area contributed by atoms with E-state index in [2.05, 4.69) is 10.2 Å². The van der Waals surface area contributed by atoms with Crippen molar-refractivity contribution < 1.29 is 27.4 Å². The Morgan fingerprint density at radius 1 is 1.23 bits per heavy atom. The van der Waals surface area contributed by atoms with E-state index in [1.54, 1.807) is 0 Å². The Kier molecular flexibility index (Phi) is 6.78. The van der Waals surface area contributed by atoms with Gasteiger partial charge in [0.15, 0.2) is 5.75 Å². The van der Waals surface area contributed by atoms with Crippen molar-refractivity contribution in [2.24, 2.45) is 0 Å². The molecule has 0 radical (unpaired) electrons. The molecule has 3 rings (SSSR count). The molecule has 0 unspecified atom stereocenters. The molecule has 30 heavy (non-hydrogen) atoms. The molecule has 2 aromatic rings. The Balaban J connectivity index is 1.82. The zero-order chi connectivity index (χ0) is 21.7. The summed E-state index contributed by atoms with van der Waals surface area (Å²) in [5.41, 5.74) is -1.02. The largest absolute Gasteiger partial charge is 0.491 e. The van der Waals surface area contributed by atoms with Crippen LogP contribution in [0.25, 0.3) is 0 Å². The number of aromatic nitrogens is 1. The van der Waals surface area contributed by atoms with Crippen molar-refractivity contribution in [2.45, 2.75) is 19.3 Å². The van der Waals surface area contributed by atoms with E-state index < -0.39 is 17.6 Å². The number of hydrogen-bond donors (Lipinski definition) is 1. The molecule has 1 amide bonds. The Morgan fingerprint density at radius 3 is 2.60 bits per heavy atom. The molecule has 7 nitrogen and oxygen atoms in total. The number of hydrogen-bond acceptors (Lipinski definition) is 5. The normalized spacial score (nSPS) is 15.1. The van der Waals surface area contributed by atoms with Crippen LogP contribution in [0.3, 0.4) is 0 Å². The Morgan fingerprint density at radius 2 is 1.93 bits per heavy atom. The molecule has 10 heteroatoms. The van der Waals surface area contributed by atoms with Gasteiger partial charge in [0.1, 0.15) is 6.54 Å². The van der Waals surface area contributed by atoms with Gasteiger partial charge in [0.05, 0.1) is 37.8 Å². The summed E-state index contributed by atoms with van der Waals surface area (Å²) in [4.78, 5) is 26.8. The second kappa shape index (κ2) is 9.31. The van der Waals surface area contributed by atoms with Crippen molar-refractivity contribution in [1.29, 1.82) is 0 Å². The number of halogens is 3. The van der Waals surface area contributed by atoms with Crippen LogP contribution in [0.2, 0.25) is 0 Å². The summed E-state index contributed by atoms with van der Waals surface area (Å²) in [5.74, 6) is -0.607. The van der Waals surface area contributed by atoms with E-state index in [-0.39, 0.29) is 23.4 Å². The molecule has 0 atom stereocenters. The number of rotatable bonds is 6. The summed E-state index contributed by atoms with van der Waals surface area (Å²) in [5, 5.41) is 2.32. The maximum Gasteiger partial charge on any atom is 0.418 e. The number of carbonyl (C=O) groups excluding carboxylic acids is 1. The second-order valence-corrected chi connectivity index (χ2v) is 6.81. The van der Waals surface area contributed by atoms with Crippen LogP contribution in [0.4, 0.5) is 18.9 Å². The van der Waals surface area contributed by atoms with Crippen LogP contribution in [0.1, 0.15) is 11.3 Å². The van der Waals surface area contributed by atoms with Crippen molar-refractivity contribution >= 4 is 11.6 Å². The summed E-state index contributed by atoms with van der Waals surface area (Å²) in [6.45, 7) is 2.60. The van der Waals surface area contributed by atoms with Crippen LogP contribution < -0.4 is 15.5 Å². The predicted octanol–water partition coefficient (Wildman–Crippen LogP) is 2.35. The number of ether oxygens (including phenoxy) is 2. The van der Waals surface area contributed by atoms with Gasteiger partial charge in [-0.25, -0.2) is 0 Å². The minimum Gasteiger partial charge on any atom is -0.491 e. The van der Waals surface area contributed by atoms with E-state index in [4.69, 9.17) is 9.47 Å². The van der Waals surface area contributed by atoms with Crippen LogP contribution in [-0.4, -0.2) is 48.8 Å². The molecule has 0 spiro atoms. The zero-order valence-corrected chi connectivity index (χ0v) is 16.4. The highest BCUT2D eigenvalue weighted by Crippen LogP contribution is 2.34. The highest BCUT2D eigenvalue weighted by Gasteiger charge is 2.33. The molecule has 162 valence electrons. The molecule has 0 bridgehead atoms. The third-order valence-corrected chi connectivity index (χ3v) is 4.71. The molecule has 1 aliphatic rings. The van der Waals surface area contributed by atoms with E-state index in [0.717, 1.165) is 6.07 Å². The zero-order valence-electron chi connectivity index (χ0n) is 16.4. The molecule has 1 aromatic heterocycles. The fraction of sp³-hybridized carbons (Fsp3) is 0.400. The SMILES string of the molecule is COc1cn(CC(=O)Nc2ccccc2C(F)(F)F)c(CN2CCOCC2)cc1=O. The molecule has 1 aromatic carbocycles. The molecule has 1 fully saturated rings. The summed E-state index contributed by atoms with van der Waals surface area (Å²) in [6, 6.07) is 6.15. The highest BCUT2D eigenvalue weighted by atomic mass is 19.4. The average molecular weight is 425 g/mol. The van der Waals surface area contributed by atoms with Crippen molar-refractivity contribution in [3.8, 4) is 5.75 Å². The van der Waals surface area contributed by atoms with Gasteiger partial charge in [-0.2, -0.15) is 13.2 Å². The lowest BCUT2D eigenvalue weighted by Crippen LogP contribution is -2.37. The first kappa shape index (κ1) is 21.8. The van der Waals surface area contributed by atoms with Crippen LogP contribution in [0.15, 0.2) is 41.3 Å². The van der Waals surface area contributed by atoms with Gasteiger partial charge in [-0.15, -0.1) is 0 Å². The second-order valence-electron chi connectivity index (χ2n) is 6.81. The Labute approximate surface area is 171 Å². The summed E-state index contributed by atoms with van der Waals surface area (Å²) < 4.78 is 51.4. The lowest BCUT2D eigenvalue weighted by atomic mass is 10.1. The first-order valence-electron chi connectivity index (χ1n) is 9.31. The standard InChI is InChI=1S/C20H22F3N3O4/c1-29-18-12-26(14(10-17(18)27)11-25-6-8-30-9-7-25)13-19(28)24-16-5-3-2-4-15(16)20(21,22)23/h2-5,10,12H,6-9,11,13H2,1H3,(H,24,28). The summed E-state index contributed by atoms with van der Waals surface area (Å²) in [7, 11) is 1.34. The van der Waals surface area contributed by atoms with Gasteiger partial charge >= 0.3 is 6.18 Å². The van der Waals surface area contributed by atoms with E-state index in [1.165, 1.54) is 42.1 Å². The van der Waals surface area contributed by atoms with Gasteiger partial charge in [0.25, 0.3) is 0 Å². The van der Waals surface area contributed by atoms with E-state index in [1.807, 2.05) is 0 Å². The van der Waals surface area contributed by atoms with Crippen molar-refractivity contribution in [3.05, 3.63) is 58.0 Å². The average Bonchev–Trinajstić information content (AvgIpc) is 2.70. The van der Waals surface area contributed by atoms with Gasteiger partial charge in [0, 0.05) is 31.4 Å². The molecule has 1 N–H and O–H groups in total. The smallest absolute Gasteiger partial charge is 0.418 e. The van der Waals surface area contributed by atoms with Gasteiger partial charge in [0.2, 0.25) is 11.3 Å². The Hall–Kier alpha value is -2.85. The number of alkyl halides is 3. The molecule has 1 aliphatic heterocycles. The van der Waals surface area contributed by atoms with Crippen LogP contribution in [-0.2, 0) is 28.8 Å². The number of morpholine rings is 1. The van der Waals surface area contributed by atoms with Gasteiger partial charge in [-0.05, 0) is 12.1 Å². The lowest BCUT2D eigenvalue weighted by molar-refractivity contribution is -0.137. The lowest BCUT2D eigenvalue weighted by Gasteiger charge is -2.27. The maximum atomic E-state index is 13.2. The first-order chi connectivity index (χ1) is 14.3. The van der Waals surface area contributed by atoms with Crippen molar-refractivity contribution in [1.82, 2.24) is 9.47 Å². The molecule has 0 aliphatic carbocycles. The number of benzene rings is 1. The molecule has 1 saturated heterocycles. The summed E-state index contributed by atoms with van der Waals surface area (Å²) >= 11 is 0. The molecule has 0 saturated carbocycles. The number of pyridine rings is 1. The molecular formula is C20H22F3N3O4. The maximum absolute atomic E-state index is 13.2. The topological polar surface area (TPSA) is 72.8 Å². The minimum absolute atomic E-state index is 0.0456. The number of anilines is 1. The van der Waals surface area contributed by atoms with Gasteiger partial charge in [-0.1, -0.05) is 12.1 Å². The number of methoxy groups -OCH3 is 1. The molecular weight excluding hydrogens is 403 g/mol. The highest BCUT2D eigenvalue weighted by molar-refractivity contribution is 5.91. The van der Waals surface area contributed by atoms with E-state index in [0.29, 0.717) is 38.5 Å². The summed E-state index contributed by atoms with van der Waals surface area (Å²) in [6.07, 6.45) is -3.20. The third kappa shape index (κ3) is 5.39. The number of nitrogens with one attached hydrogen (secondary N) is 1. The number of amides is 1. The minimum atomic E-state index is -4.59. The fourth-order valence-corrected chi connectivity index (χ4v) is 3.20. The van der Waals surface area contributed by atoms with Gasteiger partial charge < -0.3 is 19.4 Å². The van der Waals surface area contributed by atoms with E-state index in [9.17, 15) is 22.8 Å². The monoisotopic (exact) mass is 425 g/mol. The fourth-order valence-electron chi connectivity index (χ4n) is 3.20. The quantitative estimate of drug-likeness (QED) is 0.769. The first-order valence-corrected chi connectivity index (χ1v) is 9.31. The number of para-hydroxylation sites is 1. The van der Waals surface area contributed by atoms with E-state index >= 15 is 0 Å². The molecule has 2 heterocycles. The number of carbonyl (C=O) groups is 1. The predicted molar refractivity (Wildman–Crippen MR) is 103 cm³/mol. The van der Waals surface area contributed by atoms with Crippen LogP contribution in [0, 0.1) is 0 Å². The number of nitrogens with zero attached hydrogens (tertiary/aromatic N) is 2. The van der Waals surface area contributed by atoms with Crippen LogP contribution in [0.5, 0.6) is 5.75 Å². The van der Waals surface area contributed by atoms with Crippen molar-refractivity contribution in [2.75, 3.05) is 38.7 Å². The van der Waals surface area contributed by atoms with Crippen molar-refractivity contribution in [3.63, 3.8) is 0 Å². The Bertz CT molecular complexity index is 953. The third-order valence-electron chi connectivity index (χ3n) is 4.71.